The number of hydrogen-bond donors (Lipinski definition) is 1. The number of anilines is 1. The lowest BCUT2D eigenvalue weighted by atomic mass is 10.1. The Morgan fingerprint density at radius 2 is 1.74 bits per heavy atom. The molecular weight excluding hydrogens is 529 g/mol. The van der Waals surface area contributed by atoms with Crippen LogP contribution in [0.4, 0.5) is 23.7 Å². The molecule has 1 N–H and O–H groups in total. The Bertz CT molecular complexity index is 1550. The van der Waals surface area contributed by atoms with Gasteiger partial charge in [-0.1, -0.05) is 62.7 Å². The highest BCUT2D eigenvalue weighted by molar-refractivity contribution is 6.30. The van der Waals surface area contributed by atoms with Gasteiger partial charge in [0.2, 0.25) is 0 Å². The molecule has 0 fully saturated rings. The minimum absolute atomic E-state index is 0.0329. The molecule has 3 aromatic carbocycles. The maximum atomic E-state index is 13.8. The summed E-state index contributed by atoms with van der Waals surface area (Å²) in [6, 6.07) is 16.9. The molecule has 4 rings (SSSR count). The van der Waals surface area contributed by atoms with E-state index >= 15 is 0 Å². The van der Waals surface area contributed by atoms with Crippen molar-refractivity contribution in [3.63, 3.8) is 0 Å². The highest BCUT2D eigenvalue weighted by Gasteiger charge is 2.35. The minimum atomic E-state index is -4.65. The van der Waals surface area contributed by atoms with Gasteiger partial charge in [0.05, 0.1) is 33.9 Å². The van der Waals surface area contributed by atoms with E-state index in [0.717, 1.165) is 6.07 Å². The van der Waals surface area contributed by atoms with Crippen LogP contribution >= 0.6 is 11.6 Å². The fraction of sp³-hybridized carbons (Fsp3) is 0.276. The number of alkyl halides is 3. The second-order valence-corrected chi connectivity index (χ2v) is 9.99. The van der Waals surface area contributed by atoms with Gasteiger partial charge in [0.25, 0.3) is 5.56 Å². The lowest BCUT2D eigenvalue weighted by molar-refractivity contribution is -0.136. The summed E-state index contributed by atoms with van der Waals surface area (Å²) in [7, 11) is 0. The zero-order chi connectivity index (χ0) is 28.3. The highest BCUT2D eigenvalue weighted by Crippen LogP contribution is 2.35. The number of hydrogen-bond acceptors (Lipinski definition) is 3. The van der Waals surface area contributed by atoms with Crippen LogP contribution in [-0.4, -0.2) is 27.0 Å². The predicted octanol–water partition coefficient (Wildman–Crippen LogP) is 7.70. The average Bonchev–Trinajstić information content (AvgIpc) is 2.88. The van der Waals surface area contributed by atoms with E-state index in [9.17, 15) is 22.8 Å². The van der Waals surface area contributed by atoms with Gasteiger partial charge in [-0.05, 0) is 54.8 Å². The fourth-order valence-electron chi connectivity index (χ4n) is 4.55. The Balaban J connectivity index is 1.88. The topological polar surface area (TPSA) is 67.2 Å². The summed E-state index contributed by atoms with van der Waals surface area (Å²) in [5.74, 6) is 0.248. The minimum Gasteiger partial charge on any atom is -0.314 e. The molecule has 0 aliphatic heterocycles. The number of nitrogens with one attached hydrogen (secondary N) is 1. The molecule has 204 valence electrons. The van der Waals surface area contributed by atoms with E-state index in [4.69, 9.17) is 16.6 Å². The number of aromatic nitrogens is 2. The van der Waals surface area contributed by atoms with E-state index in [1.54, 1.807) is 48.5 Å². The van der Waals surface area contributed by atoms with Gasteiger partial charge in [-0.25, -0.2) is 9.78 Å². The van der Waals surface area contributed by atoms with E-state index in [2.05, 4.69) is 5.32 Å². The summed E-state index contributed by atoms with van der Waals surface area (Å²) in [5, 5.41) is 3.25. The molecular formula is C29H28ClF3N4O2. The Morgan fingerprint density at radius 3 is 2.41 bits per heavy atom. The number of para-hydroxylation sites is 2. The largest absolute Gasteiger partial charge is 0.418 e. The van der Waals surface area contributed by atoms with E-state index < -0.39 is 23.8 Å². The predicted molar refractivity (Wildman–Crippen MR) is 147 cm³/mol. The second kappa shape index (κ2) is 11.5. The first kappa shape index (κ1) is 28.2. The standard InChI is InChI=1S/C29H28ClF3N4O2/c1-4-25(36(17-18(2)3)28(39)35-24-15-8-6-13-22(24)29(31,32)33)26-34-23-14-7-5-12-21(23)27(38)37(26)20-11-9-10-19(30)16-20/h5-16,18,25H,4,17H2,1-3H3,(H,35,39). The zero-order valence-electron chi connectivity index (χ0n) is 21.7. The zero-order valence-corrected chi connectivity index (χ0v) is 22.4. The lowest BCUT2D eigenvalue weighted by Gasteiger charge is -2.34. The number of fused-ring (bicyclic) bond motifs is 1. The number of benzene rings is 3. The molecule has 0 aliphatic rings. The van der Waals surface area contributed by atoms with Crippen molar-refractivity contribution in [2.45, 2.75) is 39.4 Å². The van der Waals surface area contributed by atoms with Gasteiger partial charge in [-0.15, -0.1) is 0 Å². The first-order chi connectivity index (χ1) is 18.5. The Morgan fingerprint density at radius 1 is 1.05 bits per heavy atom. The van der Waals surface area contributed by atoms with Crippen molar-refractivity contribution in [2.24, 2.45) is 5.92 Å². The molecule has 0 saturated heterocycles. The highest BCUT2D eigenvalue weighted by atomic mass is 35.5. The Kier molecular flexibility index (Phi) is 8.30. The quantitative estimate of drug-likeness (QED) is 0.254. The van der Waals surface area contributed by atoms with Crippen LogP contribution in [0.1, 0.15) is 44.6 Å². The van der Waals surface area contributed by atoms with Gasteiger partial charge in [-0.2, -0.15) is 13.2 Å². The first-order valence-corrected chi connectivity index (χ1v) is 12.9. The molecule has 0 radical (unpaired) electrons. The van der Waals surface area contributed by atoms with Crippen molar-refractivity contribution in [3.05, 3.63) is 99.6 Å². The summed E-state index contributed by atoms with van der Waals surface area (Å²) in [6.07, 6.45) is -4.31. The molecule has 6 nitrogen and oxygen atoms in total. The molecule has 1 unspecified atom stereocenters. The van der Waals surface area contributed by atoms with Crippen LogP contribution in [-0.2, 0) is 6.18 Å². The molecule has 0 bridgehead atoms. The summed E-state index contributed by atoms with van der Waals surface area (Å²) in [4.78, 5) is 33.7. The van der Waals surface area contributed by atoms with Gasteiger partial charge in [0, 0.05) is 11.6 Å². The molecule has 4 aromatic rings. The third-order valence-electron chi connectivity index (χ3n) is 6.23. The molecule has 0 saturated carbocycles. The van der Waals surface area contributed by atoms with Crippen molar-refractivity contribution in [2.75, 3.05) is 11.9 Å². The number of nitrogens with zero attached hydrogens (tertiary/aromatic N) is 3. The lowest BCUT2D eigenvalue weighted by Crippen LogP contribution is -2.43. The molecule has 2 amide bonds. The number of amides is 2. The van der Waals surface area contributed by atoms with Gasteiger partial charge in [0.1, 0.15) is 5.82 Å². The molecule has 39 heavy (non-hydrogen) atoms. The van der Waals surface area contributed by atoms with Crippen molar-refractivity contribution < 1.29 is 18.0 Å². The number of rotatable bonds is 7. The van der Waals surface area contributed by atoms with Crippen LogP contribution < -0.4 is 10.9 Å². The molecule has 10 heteroatoms. The molecule has 1 heterocycles. The fourth-order valence-corrected chi connectivity index (χ4v) is 4.74. The Hall–Kier alpha value is -3.85. The average molecular weight is 557 g/mol. The van der Waals surface area contributed by atoms with Crippen molar-refractivity contribution >= 4 is 34.2 Å². The Labute approximate surface area is 229 Å². The maximum Gasteiger partial charge on any atom is 0.418 e. The van der Waals surface area contributed by atoms with E-state index in [1.165, 1.54) is 27.7 Å². The second-order valence-electron chi connectivity index (χ2n) is 9.55. The van der Waals surface area contributed by atoms with Crippen molar-refractivity contribution in [1.29, 1.82) is 0 Å². The van der Waals surface area contributed by atoms with Crippen molar-refractivity contribution in [1.82, 2.24) is 14.5 Å². The monoisotopic (exact) mass is 556 g/mol. The van der Waals surface area contributed by atoms with Gasteiger partial charge in [-0.3, -0.25) is 9.36 Å². The first-order valence-electron chi connectivity index (χ1n) is 12.5. The summed E-state index contributed by atoms with van der Waals surface area (Å²) >= 11 is 6.25. The van der Waals surface area contributed by atoms with Crippen LogP contribution in [0.3, 0.4) is 0 Å². The molecule has 0 aliphatic carbocycles. The number of carbonyl (C=O) groups is 1. The van der Waals surface area contributed by atoms with Crippen LogP contribution in [0.25, 0.3) is 16.6 Å². The van der Waals surface area contributed by atoms with Gasteiger partial charge >= 0.3 is 12.2 Å². The number of carbonyl (C=O) groups excluding carboxylic acids is 1. The third kappa shape index (κ3) is 6.09. The van der Waals surface area contributed by atoms with E-state index in [0.29, 0.717) is 28.0 Å². The van der Waals surface area contributed by atoms with Crippen LogP contribution in [0.2, 0.25) is 5.02 Å². The molecule has 0 spiro atoms. The van der Waals surface area contributed by atoms with Gasteiger partial charge in [0.15, 0.2) is 0 Å². The normalized spacial score (nSPS) is 12.5. The van der Waals surface area contributed by atoms with Crippen molar-refractivity contribution in [3.8, 4) is 5.69 Å². The molecule has 1 atom stereocenters. The van der Waals surface area contributed by atoms with Crippen LogP contribution in [0.5, 0.6) is 0 Å². The summed E-state index contributed by atoms with van der Waals surface area (Å²) in [5.41, 5.74) is -0.732. The number of urea groups is 1. The third-order valence-corrected chi connectivity index (χ3v) is 6.46. The summed E-state index contributed by atoms with van der Waals surface area (Å²) in [6.45, 7) is 5.83. The van der Waals surface area contributed by atoms with E-state index in [-0.39, 0.29) is 29.5 Å². The van der Waals surface area contributed by atoms with Gasteiger partial charge < -0.3 is 10.2 Å². The summed E-state index contributed by atoms with van der Waals surface area (Å²) < 4.78 is 42.3. The number of halogens is 4. The van der Waals surface area contributed by atoms with E-state index in [1.807, 2.05) is 20.8 Å². The van der Waals surface area contributed by atoms with Crippen LogP contribution in [0, 0.1) is 5.92 Å². The molecule has 1 aromatic heterocycles. The smallest absolute Gasteiger partial charge is 0.314 e. The van der Waals surface area contributed by atoms with Crippen LogP contribution in [0.15, 0.2) is 77.6 Å². The maximum absolute atomic E-state index is 13.8. The SMILES string of the molecule is CCC(c1nc2ccccc2c(=O)n1-c1cccc(Cl)c1)N(CC(C)C)C(=O)Nc1ccccc1C(F)(F)F.